The molecule has 1 aliphatic rings. The Hall–Kier alpha value is -2.30. The first-order chi connectivity index (χ1) is 8.91. The lowest BCUT2D eigenvalue weighted by Crippen LogP contribution is -2.29. The fourth-order valence-electron chi connectivity index (χ4n) is 2.00. The normalized spacial score (nSPS) is 18.0. The second kappa shape index (κ2) is 4.76. The van der Waals surface area contributed by atoms with Gasteiger partial charge in [0.05, 0.1) is 5.57 Å². The molecule has 0 atom stereocenters. The first-order valence-corrected chi connectivity index (χ1v) is 6.14. The minimum Gasteiger partial charge on any atom is -0.508 e. The van der Waals surface area contributed by atoms with Crippen LogP contribution in [0.5, 0.6) is 5.75 Å². The third kappa shape index (κ3) is 2.31. The van der Waals surface area contributed by atoms with Crippen molar-refractivity contribution in [2.45, 2.75) is 26.8 Å². The maximum atomic E-state index is 9.34. The largest absolute Gasteiger partial charge is 0.508 e. The van der Waals surface area contributed by atoms with Gasteiger partial charge in [0.2, 0.25) is 0 Å². The molecule has 4 N–H and O–H groups in total. The van der Waals surface area contributed by atoms with Gasteiger partial charge in [0.25, 0.3) is 0 Å². The predicted octanol–water partition coefficient (Wildman–Crippen LogP) is 2.03. The summed E-state index contributed by atoms with van der Waals surface area (Å²) in [5, 5.41) is 23.6. The Labute approximate surface area is 112 Å². The van der Waals surface area contributed by atoms with E-state index >= 15 is 0 Å². The van der Waals surface area contributed by atoms with E-state index in [1.165, 1.54) is 0 Å². The van der Waals surface area contributed by atoms with Crippen molar-refractivity contribution in [1.29, 1.82) is 5.41 Å². The van der Waals surface area contributed by atoms with Gasteiger partial charge in [-0.3, -0.25) is 5.41 Å². The van der Waals surface area contributed by atoms with E-state index in [0.29, 0.717) is 22.8 Å². The number of rotatable bonds is 2. The van der Waals surface area contributed by atoms with Crippen LogP contribution in [0.25, 0.3) is 0 Å². The minimum atomic E-state index is 0.0939. The number of amidine groups is 1. The third-order valence-corrected chi connectivity index (χ3v) is 2.93. The third-order valence-electron chi connectivity index (χ3n) is 2.93. The number of hydrazone groups is 1. The molecule has 0 spiro atoms. The van der Waals surface area contributed by atoms with Crippen molar-refractivity contribution in [3.05, 3.63) is 41.1 Å². The highest BCUT2D eigenvalue weighted by Gasteiger charge is 2.30. The van der Waals surface area contributed by atoms with E-state index < -0.39 is 0 Å². The molecule has 2 rings (SSSR count). The highest BCUT2D eigenvalue weighted by Crippen LogP contribution is 2.24. The average molecular weight is 258 g/mol. The fraction of sp³-hybridized carbons (Fsp3) is 0.286. The molecule has 5 nitrogen and oxygen atoms in total. The Kier molecular flexibility index (Phi) is 3.29. The molecule has 0 aromatic heterocycles. The van der Waals surface area contributed by atoms with Gasteiger partial charge in [0, 0.05) is 17.3 Å². The number of phenolic OH excluding ortho intramolecular Hbond substituents is 1. The number of nitrogens with zero attached hydrogens (tertiary/aromatic N) is 2. The molecule has 1 aromatic rings. The van der Waals surface area contributed by atoms with Crippen LogP contribution in [0.15, 0.2) is 40.6 Å². The molecule has 1 aromatic carbocycles. The Morgan fingerprint density at radius 1 is 1.32 bits per heavy atom. The summed E-state index contributed by atoms with van der Waals surface area (Å²) in [6.07, 6.45) is 0. The Bertz CT molecular complexity index is 566. The van der Waals surface area contributed by atoms with Crippen LogP contribution in [0.2, 0.25) is 0 Å². The van der Waals surface area contributed by atoms with Gasteiger partial charge in [0.1, 0.15) is 11.5 Å². The summed E-state index contributed by atoms with van der Waals surface area (Å²) in [5.74, 6) is 0.520. The number of nitrogens with two attached hydrogens (primary N) is 1. The molecule has 1 aliphatic heterocycles. The van der Waals surface area contributed by atoms with Crippen LogP contribution < -0.4 is 5.73 Å². The van der Waals surface area contributed by atoms with E-state index in [4.69, 9.17) is 11.1 Å². The molecule has 0 amide bonds. The highest BCUT2D eigenvalue weighted by atomic mass is 16.3. The second-order valence-electron chi connectivity index (χ2n) is 4.84. The lowest BCUT2D eigenvalue weighted by Gasteiger charge is -2.18. The maximum Gasteiger partial charge on any atom is 0.152 e. The Morgan fingerprint density at radius 3 is 2.37 bits per heavy atom. The maximum absolute atomic E-state index is 9.34. The summed E-state index contributed by atoms with van der Waals surface area (Å²) in [4.78, 5) is 0. The number of aromatic hydroxyl groups is 1. The molecule has 5 heteroatoms. The number of hydrogen-bond acceptors (Lipinski definition) is 4. The van der Waals surface area contributed by atoms with Crippen LogP contribution in [-0.4, -0.2) is 27.7 Å². The molecule has 19 heavy (non-hydrogen) atoms. The van der Waals surface area contributed by atoms with E-state index in [2.05, 4.69) is 5.10 Å². The molecule has 1 heterocycles. The van der Waals surface area contributed by atoms with Crippen molar-refractivity contribution < 1.29 is 5.11 Å². The molecular formula is C14H18N4O. The van der Waals surface area contributed by atoms with E-state index in [1.807, 2.05) is 13.8 Å². The van der Waals surface area contributed by atoms with Gasteiger partial charge in [-0.2, -0.15) is 5.10 Å². The van der Waals surface area contributed by atoms with Crippen LogP contribution in [0.3, 0.4) is 0 Å². The molecule has 0 aliphatic carbocycles. The van der Waals surface area contributed by atoms with E-state index in [9.17, 15) is 5.11 Å². The SMILES string of the molecule is C/C(N)=C1\C(=N)N(C(C)C)N=C1c1ccc(O)cc1. The predicted molar refractivity (Wildman–Crippen MR) is 76.2 cm³/mol. The van der Waals surface area contributed by atoms with Crippen LogP contribution in [0.4, 0.5) is 0 Å². The van der Waals surface area contributed by atoms with Gasteiger partial charge in [-0.1, -0.05) is 0 Å². The fourth-order valence-corrected chi connectivity index (χ4v) is 2.00. The van der Waals surface area contributed by atoms with Crippen LogP contribution in [0.1, 0.15) is 26.3 Å². The number of nitrogens with one attached hydrogen (secondary N) is 1. The first-order valence-electron chi connectivity index (χ1n) is 6.14. The van der Waals surface area contributed by atoms with Gasteiger partial charge in [-0.25, -0.2) is 5.01 Å². The second-order valence-corrected chi connectivity index (χ2v) is 4.84. The highest BCUT2D eigenvalue weighted by molar-refractivity contribution is 6.32. The molecule has 0 saturated carbocycles. The summed E-state index contributed by atoms with van der Waals surface area (Å²) >= 11 is 0. The monoisotopic (exact) mass is 258 g/mol. The van der Waals surface area contributed by atoms with E-state index in [0.717, 1.165) is 5.56 Å². The Balaban J connectivity index is 2.53. The zero-order valence-corrected chi connectivity index (χ0v) is 11.3. The minimum absolute atomic E-state index is 0.0939. The molecule has 100 valence electrons. The van der Waals surface area contributed by atoms with Crippen molar-refractivity contribution in [3.63, 3.8) is 0 Å². The van der Waals surface area contributed by atoms with Gasteiger partial charge in [-0.05, 0) is 45.0 Å². The summed E-state index contributed by atoms with van der Waals surface area (Å²) < 4.78 is 0. The van der Waals surface area contributed by atoms with Gasteiger partial charge in [0.15, 0.2) is 5.84 Å². The zero-order valence-electron chi connectivity index (χ0n) is 11.3. The van der Waals surface area contributed by atoms with Crippen molar-refractivity contribution in [1.82, 2.24) is 5.01 Å². The number of phenols is 1. The smallest absolute Gasteiger partial charge is 0.152 e. The summed E-state index contributed by atoms with van der Waals surface area (Å²) in [6.45, 7) is 5.71. The van der Waals surface area contributed by atoms with Crippen LogP contribution >= 0.6 is 0 Å². The van der Waals surface area contributed by atoms with Gasteiger partial charge >= 0.3 is 0 Å². The zero-order chi connectivity index (χ0) is 14.2. The number of allylic oxidation sites excluding steroid dienone is 1. The van der Waals surface area contributed by atoms with Crippen molar-refractivity contribution >= 4 is 11.5 Å². The Morgan fingerprint density at radius 2 is 1.89 bits per heavy atom. The lowest BCUT2D eigenvalue weighted by molar-refractivity contribution is 0.375. The van der Waals surface area contributed by atoms with Crippen LogP contribution in [0, 0.1) is 5.41 Å². The van der Waals surface area contributed by atoms with Gasteiger partial charge < -0.3 is 10.8 Å². The molecule has 0 unspecified atom stereocenters. The molecular weight excluding hydrogens is 240 g/mol. The summed E-state index contributed by atoms with van der Waals surface area (Å²) in [6, 6.07) is 6.84. The summed E-state index contributed by atoms with van der Waals surface area (Å²) in [7, 11) is 0. The van der Waals surface area contributed by atoms with Crippen molar-refractivity contribution in [3.8, 4) is 5.75 Å². The average Bonchev–Trinajstić information content (AvgIpc) is 2.68. The number of hydrogen-bond donors (Lipinski definition) is 3. The van der Waals surface area contributed by atoms with Crippen molar-refractivity contribution in [2.75, 3.05) is 0 Å². The first kappa shape index (κ1) is 13.1. The molecule has 0 saturated heterocycles. The van der Waals surface area contributed by atoms with E-state index in [-0.39, 0.29) is 11.8 Å². The summed E-state index contributed by atoms with van der Waals surface area (Å²) in [5.41, 5.74) is 8.63. The standard InChI is InChI=1S/C14H18N4O/c1-8(2)18-14(16)12(9(3)15)13(17-18)10-4-6-11(19)7-5-10/h4-8,16,19H,15H2,1-3H3/b12-9+,16-14?. The lowest BCUT2D eigenvalue weighted by atomic mass is 10.0. The molecule has 0 radical (unpaired) electrons. The topological polar surface area (TPSA) is 85.7 Å². The molecule has 0 fully saturated rings. The quantitative estimate of drug-likeness (QED) is 0.758. The number of benzene rings is 1. The van der Waals surface area contributed by atoms with Gasteiger partial charge in [-0.15, -0.1) is 0 Å². The molecule has 0 bridgehead atoms. The van der Waals surface area contributed by atoms with Crippen molar-refractivity contribution in [2.24, 2.45) is 10.8 Å². The van der Waals surface area contributed by atoms with E-state index in [1.54, 1.807) is 36.2 Å². The van der Waals surface area contributed by atoms with Crippen LogP contribution in [-0.2, 0) is 0 Å².